The van der Waals surface area contributed by atoms with Crippen molar-refractivity contribution in [1.29, 1.82) is 0 Å². The normalized spacial score (nSPS) is 18.9. The van der Waals surface area contributed by atoms with E-state index in [9.17, 15) is 14.4 Å². The molecular formula is C30H42N6O3S. The van der Waals surface area contributed by atoms with Gasteiger partial charge < -0.3 is 31.5 Å². The van der Waals surface area contributed by atoms with E-state index in [2.05, 4.69) is 34.7 Å². The number of rotatable bonds is 12. The molecule has 0 aliphatic carbocycles. The van der Waals surface area contributed by atoms with Crippen LogP contribution in [-0.4, -0.2) is 78.6 Å². The minimum Gasteiger partial charge on any atom is -0.392 e. The number of carbonyl (C=O) groups excluding carboxylic acids is 3. The highest BCUT2D eigenvalue weighted by Gasteiger charge is 2.38. The molecule has 0 radical (unpaired) electrons. The van der Waals surface area contributed by atoms with Gasteiger partial charge in [-0.2, -0.15) is 0 Å². The first-order valence-electron chi connectivity index (χ1n) is 14.3. The minimum atomic E-state index is -0.390. The van der Waals surface area contributed by atoms with Gasteiger partial charge in [-0.1, -0.05) is 37.7 Å². The average molecular weight is 567 g/mol. The molecular weight excluding hydrogens is 524 g/mol. The Hall–Kier alpha value is -3.24. The first-order valence-corrected chi connectivity index (χ1v) is 15.2. The highest BCUT2D eigenvalue weighted by atomic mass is 32.2. The predicted octanol–water partition coefficient (Wildman–Crippen LogP) is 3.33. The van der Waals surface area contributed by atoms with Crippen LogP contribution in [0.15, 0.2) is 47.1 Å². The Labute approximate surface area is 241 Å². The van der Waals surface area contributed by atoms with E-state index in [1.165, 1.54) is 24.6 Å². The van der Waals surface area contributed by atoms with Crippen LogP contribution < -0.4 is 21.7 Å². The summed E-state index contributed by atoms with van der Waals surface area (Å²) < 4.78 is 0. The quantitative estimate of drug-likeness (QED) is 0.291. The molecule has 0 aromatic heterocycles. The van der Waals surface area contributed by atoms with Crippen LogP contribution in [0.2, 0.25) is 0 Å². The van der Waals surface area contributed by atoms with Crippen molar-refractivity contribution >= 4 is 45.9 Å². The number of fused-ring (bicyclic) bond motifs is 1. The largest absolute Gasteiger partial charge is 0.392 e. The molecule has 216 valence electrons. The third-order valence-electron chi connectivity index (χ3n) is 7.35. The van der Waals surface area contributed by atoms with Gasteiger partial charge in [-0.05, 0) is 80.2 Å². The molecule has 2 heterocycles. The first kappa shape index (κ1) is 29.7. The van der Waals surface area contributed by atoms with Crippen LogP contribution in [0, 0.1) is 5.92 Å². The zero-order valence-corrected chi connectivity index (χ0v) is 24.6. The van der Waals surface area contributed by atoms with Crippen LogP contribution in [0.1, 0.15) is 50.4 Å². The van der Waals surface area contributed by atoms with Crippen LogP contribution in [-0.2, 0) is 9.59 Å². The van der Waals surface area contributed by atoms with E-state index in [-0.39, 0.29) is 28.7 Å². The van der Waals surface area contributed by atoms with Crippen molar-refractivity contribution in [3.05, 3.63) is 52.7 Å². The maximum atomic E-state index is 13.1. The summed E-state index contributed by atoms with van der Waals surface area (Å²) in [6, 6.07) is 11.6. The SMILES string of the molecule is CCN1C(=O)[C@@H](CNc2ccc3cc(C(=O)NCCN4CCCC4)ccc3c2)S/C1=C(/N)C(=O)NCCC(C)C. The third kappa shape index (κ3) is 7.48. The number of nitrogens with two attached hydrogens (primary N) is 1. The van der Waals surface area contributed by atoms with Gasteiger partial charge in [-0.15, -0.1) is 0 Å². The summed E-state index contributed by atoms with van der Waals surface area (Å²) in [6.07, 6.45) is 3.35. The van der Waals surface area contributed by atoms with Gasteiger partial charge in [-0.3, -0.25) is 14.4 Å². The average Bonchev–Trinajstić information content (AvgIpc) is 3.58. The maximum absolute atomic E-state index is 13.1. The van der Waals surface area contributed by atoms with E-state index in [1.54, 1.807) is 4.90 Å². The number of hydrogen-bond acceptors (Lipinski definition) is 7. The zero-order chi connectivity index (χ0) is 28.6. The molecule has 2 saturated heterocycles. The summed E-state index contributed by atoms with van der Waals surface area (Å²) in [5.41, 5.74) is 7.80. The summed E-state index contributed by atoms with van der Waals surface area (Å²) in [5.74, 6) is 0.0221. The monoisotopic (exact) mass is 566 g/mol. The van der Waals surface area contributed by atoms with Crippen LogP contribution >= 0.6 is 11.8 Å². The Kier molecular flexibility index (Phi) is 10.3. The number of amides is 3. The Morgan fingerprint density at radius 2 is 1.77 bits per heavy atom. The number of nitrogens with zero attached hydrogens (tertiary/aromatic N) is 2. The van der Waals surface area contributed by atoms with Gasteiger partial charge in [-0.25, -0.2) is 0 Å². The van der Waals surface area contributed by atoms with Crippen LogP contribution in [0.5, 0.6) is 0 Å². The lowest BCUT2D eigenvalue weighted by Gasteiger charge is -2.17. The van der Waals surface area contributed by atoms with Crippen molar-refractivity contribution in [2.75, 3.05) is 51.1 Å². The van der Waals surface area contributed by atoms with Gasteiger partial charge >= 0.3 is 0 Å². The summed E-state index contributed by atoms with van der Waals surface area (Å²) in [4.78, 5) is 42.2. The Morgan fingerprint density at radius 1 is 1.05 bits per heavy atom. The molecule has 0 saturated carbocycles. The molecule has 9 nitrogen and oxygen atoms in total. The number of anilines is 1. The van der Waals surface area contributed by atoms with Crippen molar-refractivity contribution in [2.24, 2.45) is 11.7 Å². The van der Waals surface area contributed by atoms with Crippen LogP contribution in [0.3, 0.4) is 0 Å². The Morgan fingerprint density at radius 3 is 2.50 bits per heavy atom. The maximum Gasteiger partial charge on any atom is 0.269 e. The second-order valence-corrected chi connectivity index (χ2v) is 12.0. The summed E-state index contributed by atoms with van der Waals surface area (Å²) in [5, 5.41) is 11.4. The van der Waals surface area contributed by atoms with E-state index < -0.39 is 0 Å². The van der Waals surface area contributed by atoms with Gasteiger partial charge in [0.25, 0.3) is 11.8 Å². The fourth-order valence-corrected chi connectivity index (χ4v) is 6.20. The van der Waals surface area contributed by atoms with Crippen molar-refractivity contribution in [2.45, 2.75) is 45.3 Å². The molecule has 2 fully saturated rings. The molecule has 10 heteroatoms. The molecule has 3 amide bonds. The van der Waals surface area contributed by atoms with Gasteiger partial charge in [0, 0.05) is 44.0 Å². The number of nitrogens with one attached hydrogen (secondary N) is 3. The van der Waals surface area contributed by atoms with Gasteiger partial charge in [0.1, 0.15) is 16.0 Å². The minimum absolute atomic E-state index is 0.0581. The molecule has 0 bridgehead atoms. The first-order chi connectivity index (χ1) is 19.3. The standard InChI is InChI=1S/C30H42N6O3S/c1-4-36-29(39)25(40-30(36)26(31)28(38)32-12-11-20(2)3)19-34-24-10-9-21-17-23(8-7-22(21)18-24)27(37)33-13-16-35-14-5-6-15-35/h7-10,17-18,20,25,34H,4-6,11-16,19,31H2,1-3H3,(H,32,38)(H,33,37)/b30-26+/t25-/m1/s1. The molecule has 2 aliphatic heterocycles. The lowest BCUT2D eigenvalue weighted by molar-refractivity contribution is -0.127. The van der Waals surface area contributed by atoms with Gasteiger partial charge in [0.05, 0.1) is 0 Å². The van der Waals surface area contributed by atoms with E-state index in [4.69, 9.17) is 5.73 Å². The lowest BCUT2D eigenvalue weighted by Crippen LogP contribution is -2.35. The Bertz CT molecular complexity index is 1260. The highest BCUT2D eigenvalue weighted by molar-refractivity contribution is 8.04. The van der Waals surface area contributed by atoms with E-state index in [0.717, 1.165) is 42.5 Å². The molecule has 2 aromatic rings. The summed E-state index contributed by atoms with van der Waals surface area (Å²) in [6.45, 7) is 11.2. The fourth-order valence-electron chi connectivity index (χ4n) is 4.97. The van der Waals surface area contributed by atoms with E-state index >= 15 is 0 Å². The second kappa shape index (κ2) is 13.9. The number of benzene rings is 2. The molecule has 5 N–H and O–H groups in total. The molecule has 1 atom stereocenters. The summed E-state index contributed by atoms with van der Waals surface area (Å²) >= 11 is 1.33. The van der Waals surface area contributed by atoms with E-state index in [1.807, 2.05) is 43.3 Å². The molecule has 40 heavy (non-hydrogen) atoms. The number of hydrogen-bond donors (Lipinski definition) is 4. The zero-order valence-electron chi connectivity index (χ0n) is 23.8. The van der Waals surface area contributed by atoms with Crippen molar-refractivity contribution in [3.8, 4) is 0 Å². The molecule has 0 spiro atoms. The van der Waals surface area contributed by atoms with Gasteiger partial charge in [0.15, 0.2) is 0 Å². The third-order valence-corrected chi connectivity index (χ3v) is 8.66. The van der Waals surface area contributed by atoms with Crippen LogP contribution in [0.4, 0.5) is 5.69 Å². The fraction of sp³-hybridized carbons (Fsp3) is 0.500. The topological polar surface area (TPSA) is 120 Å². The highest BCUT2D eigenvalue weighted by Crippen LogP contribution is 2.36. The van der Waals surface area contributed by atoms with Crippen molar-refractivity contribution < 1.29 is 14.4 Å². The number of likely N-dealkylation sites (tertiary alicyclic amines) is 1. The lowest BCUT2D eigenvalue weighted by atomic mass is 10.1. The van der Waals surface area contributed by atoms with Crippen molar-refractivity contribution in [3.63, 3.8) is 0 Å². The van der Waals surface area contributed by atoms with Gasteiger partial charge in [0.2, 0.25) is 5.91 Å². The second-order valence-electron chi connectivity index (χ2n) is 10.8. The number of thioether (sulfide) groups is 1. The smallest absolute Gasteiger partial charge is 0.269 e. The molecule has 0 unspecified atom stereocenters. The van der Waals surface area contributed by atoms with E-state index in [0.29, 0.717) is 42.7 Å². The van der Waals surface area contributed by atoms with Crippen LogP contribution in [0.25, 0.3) is 10.8 Å². The molecule has 4 rings (SSSR count). The predicted molar refractivity (Wildman–Crippen MR) is 163 cm³/mol. The number of carbonyl (C=O) groups is 3. The van der Waals surface area contributed by atoms with Crippen molar-refractivity contribution in [1.82, 2.24) is 20.4 Å². The summed E-state index contributed by atoms with van der Waals surface area (Å²) in [7, 11) is 0. The molecule has 2 aliphatic rings. The molecule has 2 aromatic carbocycles. The Balaban J connectivity index is 1.34.